The molecule has 0 amide bonds. The minimum atomic E-state index is -3.94. The second kappa shape index (κ2) is 12.7. The zero-order chi connectivity index (χ0) is 35.2. The molecule has 4 nitrogen and oxygen atoms in total. The molecule has 0 aliphatic carbocycles. The Labute approximate surface area is 310 Å². The van der Waals surface area contributed by atoms with Gasteiger partial charge in [0.15, 0.2) is 0 Å². The fraction of sp³-hybridized carbons (Fsp3) is 0. The molecule has 2 aliphatic heterocycles. The van der Waals surface area contributed by atoms with E-state index in [1.807, 2.05) is 12.1 Å². The largest absolute Gasteiger partial charge is 0.733 e. The van der Waals surface area contributed by atoms with Crippen LogP contribution in [0.15, 0.2) is 206 Å². The third-order valence-corrected chi connectivity index (χ3v) is 13.3. The average Bonchev–Trinajstić information content (AvgIpc) is 3.43. The third-order valence-electron chi connectivity index (χ3n) is 10.2. The number of hydrogen-bond acceptors (Lipinski definition) is 4. The van der Waals surface area contributed by atoms with Crippen LogP contribution in [-0.2, 0) is 0 Å². The summed E-state index contributed by atoms with van der Waals surface area (Å²) in [5.41, 5.74) is 12.8. The molecule has 0 unspecified atom stereocenters. The molecule has 53 heavy (non-hydrogen) atoms. The average molecular weight is 699 g/mol. The first-order chi connectivity index (χ1) is 26.3. The number of nitrogens with zero attached hydrogens (tertiary/aromatic N) is 2. The van der Waals surface area contributed by atoms with E-state index in [1.165, 1.54) is 11.1 Å². The normalized spacial score (nSPS) is 13.7. The minimum Gasteiger partial charge on any atom is -0.480 e. The zero-order valence-corrected chi connectivity index (χ0v) is 29.8. The van der Waals surface area contributed by atoms with E-state index in [0.29, 0.717) is 0 Å². The lowest BCUT2D eigenvalue weighted by atomic mass is 10.0. The summed E-state index contributed by atoms with van der Waals surface area (Å²) in [6, 6.07) is 72.5. The molecule has 8 aromatic carbocycles. The molecule has 0 atom stereocenters. The van der Waals surface area contributed by atoms with Crippen LogP contribution in [0.4, 0.5) is 22.7 Å². The van der Waals surface area contributed by atoms with Crippen LogP contribution in [0.2, 0.25) is 0 Å². The van der Waals surface area contributed by atoms with Crippen LogP contribution >= 0.6 is 0 Å². The lowest BCUT2D eigenvalue weighted by Crippen LogP contribution is -2.72. The highest BCUT2D eigenvalue weighted by Gasteiger charge is 2.63. The zero-order valence-electron chi connectivity index (χ0n) is 28.8. The number of benzene rings is 8. The highest BCUT2D eigenvalue weighted by Crippen LogP contribution is 2.53. The van der Waals surface area contributed by atoms with E-state index in [0.717, 1.165) is 67.6 Å². The van der Waals surface area contributed by atoms with Gasteiger partial charge in [-0.3, -0.25) is 9.13 Å². The van der Waals surface area contributed by atoms with Crippen molar-refractivity contribution in [1.29, 1.82) is 0 Å². The maximum absolute atomic E-state index is 7.69. The lowest BCUT2D eigenvalue weighted by Gasteiger charge is -2.45. The highest BCUT2D eigenvalue weighted by molar-refractivity contribution is 6.80. The van der Waals surface area contributed by atoms with Gasteiger partial charge < -0.3 is 8.85 Å². The summed E-state index contributed by atoms with van der Waals surface area (Å²) in [4.78, 5) is 0. The molecule has 2 heterocycles. The van der Waals surface area contributed by atoms with Crippen molar-refractivity contribution in [3.63, 3.8) is 0 Å². The predicted octanol–water partition coefficient (Wildman–Crippen LogP) is 12.6. The van der Waals surface area contributed by atoms with Crippen LogP contribution < -0.4 is 18.0 Å². The summed E-state index contributed by atoms with van der Waals surface area (Å²) in [6.45, 7) is 0. The molecule has 1 spiro atoms. The van der Waals surface area contributed by atoms with E-state index < -0.39 is 8.88 Å². The molecule has 8 aromatic rings. The number of rotatable bonds is 4. The molecular weight excluding hydrogens is 665 g/mol. The van der Waals surface area contributed by atoms with Crippen molar-refractivity contribution in [2.24, 2.45) is 0 Å². The molecular formula is C48H34N2O2Si. The fourth-order valence-corrected chi connectivity index (χ4v) is 11.2. The van der Waals surface area contributed by atoms with Crippen molar-refractivity contribution in [2.75, 3.05) is 9.13 Å². The van der Waals surface area contributed by atoms with E-state index in [-0.39, 0.29) is 0 Å². The Morgan fingerprint density at radius 3 is 1.02 bits per heavy atom. The van der Waals surface area contributed by atoms with Gasteiger partial charge in [-0.1, -0.05) is 158 Å². The van der Waals surface area contributed by atoms with Crippen LogP contribution in [0, 0.1) is 0 Å². The SMILES string of the molecule is c1ccc(-c2ccc(N3c4ccccc4-c4ccccc4O[Si]34Oc3ccccc3-c3ccccc3N4c3ccc(-c4ccccc4)cc3)cc2)cc1. The Kier molecular flexibility index (Phi) is 7.44. The van der Waals surface area contributed by atoms with Crippen molar-refractivity contribution >= 4 is 31.6 Å². The monoisotopic (exact) mass is 698 g/mol. The quantitative estimate of drug-likeness (QED) is 0.171. The van der Waals surface area contributed by atoms with Crippen LogP contribution in [0.1, 0.15) is 0 Å². The van der Waals surface area contributed by atoms with Gasteiger partial charge in [0.1, 0.15) is 11.5 Å². The van der Waals surface area contributed by atoms with Crippen molar-refractivity contribution in [3.05, 3.63) is 206 Å². The second-order valence-electron chi connectivity index (χ2n) is 13.3. The molecule has 0 bridgehead atoms. The third kappa shape index (κ3) is 5.21. The maximum Gasteiger partial charge on any atom is 0.733 e. The Bertz CT molecular complexity index is 2390. The lowest BCUT2D eigenvalue weighted by molar-refractivity contribution is 0.384. The smallest absolute Gasteiger partial charge is 0.480 e. The van der Waals surface area contributed by atoms with Gasteiger partial charge in [-0.05, 0) is 70.8 Å². The molecule has 5 heteroatoms. The van der Waals surface area contributed by atoms with Gasteiger partial charge in [-0.25, -0.2) is 0 Å². The highest BCUT2D eigenvalue weighted by atomic mass is 28.4. The van der Waals surface area contributed by atoms with Crippen molar-refractivity contribution in [3.8, 4) is 56.0 Å². The van der Waals surface area contributed by atoms with Crippen LogP contribution in [0.5, 0.6) is 11.5 Å². The van der Waals surface area contributed by atoms with Crippen molar-refractivity contribution in [2.45, 2.75) is 0 Å². The Hall–Kier alpha value is -6.82. The summed E-state index contributed by atoms with van der Waals surface area (Å²) in [5.74, 6) is 1.55. The van der Waals surface area contributed by atoms with Crippen molar-refractivity contribution in [1.82, 2.24) is 0 Å². The summed E-state index contributed by atoms with van der Waals surface area (Å²) in [5, 5.41) is 0. The van der Waals surface area contributed by atoms with E-state index in [9.17, 15) is 0 Å². The molecule has 2 aliphatic rings. The van der Waals surface area contributed by atoms with Gasteiger partial charge in [0.25, 0.3) is 0 Å². The number of para-hydroxylation sites is 4. The summed E-state index contributed by atoms with van der Waals surface area (Å²) < 4.78 is 20.1. The predicted molar refractivity (Wildman–Crippen MR) is 219 cm³/mol. The van der Waals surface area contributed by atoms with Crippen LogP contribution in [-0.4, -0.2) is 8.88 Å². The molecule has 0 fully saturated rings. The van der Waals surface area contributed by atoms with Crippen molar-refractivity contribution < 1.29 is 8.85 Å². The molecule has 0 saturated heterocycles. The van der Waals surface area contributed by atoms with E-state index in [1.54, 1.807) is 0 Å². The first-order valence-corrected chi connectivity index (χ1v) is 19.6. The van der Waals surface area contributed by atoms with Crippen LogP contribution in [0.3, 0.4) is 0 Å². The molecule has 0 saturated carbocycles. The van der Waals surface area contributed by atoms with E-state index in [4.69, 9.17) is 8.85 Å². The number of anilines is 4. The minimum absolute atomic E-state index is 0.776. The summed E-state index contributed by atoms with van der Waals surface area (Å²) in [7, 11) is -3.94. The summed E-state index contributed by atoms with van der Waals surface area (Å²) in [6.07, 6.45) is 0. The first-order valence-electron chi connectivity index (χ1n) is 17.9. The van der Waals surface area contributed by atoms with Gasteiger partial charge in [0.2, 0.25) is 0 Å². The summed E-state index contributed by atoms with van der Waals surface area (Å²) >= 11 is 0. The van der Waals surface area contributed by atoms with Gasteiger partial charge >= 0.3 is 8.88 Å². The molecule has 0 radical (unpaired) electrons. The molecule has 0 N–H and O–H groups in total. The topological polar surface area (TPSA) is 24.9 Å². The fourth-order valence-electron chi connectivity index (χ4n) is 7.71. The molecule has 10 rings (SSSR count). The Morgan fingerprint density at radius 1 is 0.283 bits per heavy atom. The number of fused-ring (bicyclic) bond motifs is 6. The van der Waals surface area contributed by atoms with E-state index >= 15 is 0 Å². The van der Waals surface area contributed by atoms with Gasteiger partial charge in [0.05, 0.1) is 0 Å². The second-order valence-corrected chi connectivity index (χ2v) is 15.7. The van der Waals surface area contributed by atoms with Gasteiger partial charge in [-0.2, -0.15) is 0 Å². The Morgan fingerprint density at radius 2 is 0.604 bits per heavy atom. The molecule has 0 aromatic heterocycles. The Balaban J connectivity index is 1.28. The number of hydrogen-bond donors (Lipinski definition) is 0. The van der Waals surface area contributed by atoms with Gasteiger partial charge in [-0.15, -0.1) is 0 Å². The first kappa shape index (κ1) is 31.0. The standard InChI is InChI=1S/C48H34N2O2Si/c1-3-15-35(16-4-1)37-27-31-39(32-28-37)49-45-23-11-7-19-41(45)43-21-9-13-25-47(43)51-53(49)50(40-33-29-38(30-34-40)36-17-5-2-6-18-36)46-24-12-8-20-42(46)44-22-10-14-26-48(44)52-53/h1-34H. The molecule has 252 valence electrons. The maximum atomic E-state index is 7.69. The van der Waals surface area contributed by atoms with Gasteiger partial charge in [0, 0.05) is 45.0 Å². The van der Waals surface area contributed by atoms with E-state index in [2.05, 4.69) is 203 Å². The van der Waals surface area contributed by atoms with Crippen LogP contribution in [0.25, 0.3) is 44.5 Å².